The maximum Gasteiger partial charge on any atom is 0.273 e. The first-order valence-corrected chi connectivity index (χ1v) is 7.94. The Morgan fingerprint density at radius 2 is 2.12 bits per heavy atom. The van der Waals surface area contributed by atoms with E-state index >= 15 is 0 Å². The third-order valence-corrected chi connectivity index (χ3v) is 4.08. The first kappa shape index (κ1) is 16.9. The van der Waals surface area contributed by atoms with Crippen molar-refractivity contribution < 1.29 is 9.53 Å². The van der Waals surface area contributed by atoms with Gasteiger partial charge in [-0.25, -0.2) is 0 Å². The highest BCUT2D eigenvalue weighted by molar-refractivity contribution is 6.03. The van der Waals surface area contributed by atoms with Crippen LogP contribution in [-0.4, -0.2) is 33.0 Å². The molecule has 0 spiro atoms. The molecule has 25 heavy (non-hydrogen) atoms. The third kappa shape index (κ3) is 3.46. The van der Waals surface area contributed by atoms with E-state index < -0.39 is 0 Å². The maximum atomic E-state index is 12.5. The number of benzene rings is 1. The van der Waals surface area contributed by atoms with E-state index in [1.807, 2.05) is 45.2 Å². The zero-order chi connectivity index (χ0) is 18.0. The number of hydrogen-bond acceptors (Lipinski definition) is 4. The standard InChI is InChI=1S/C18H21N5O2/c1-11-17(12(2)23(3)22-11)15-9-16(21-20-15)18(24)19-14-7-5-6-13(8-14)10-25-4/h5-9H,10H2,1-4H3,(H,19,24)(H,20,21). The van der Waals surface area contributed by atoms with Gasteiger partial charge in [0.05, 0.1) is 18.0 Å². The van der Waals surface area contributed by atoms with Crippen LogP contribution in [-0.2, 0) is 18.4 Å². The largest absolute Gasteiger partial charge is 0.380 e. The van der Waals surface area contributed by atoms with Crippen LogP contribution in [0, 0.1) is 13.8 Å². The fourth-order valence-corrected chi connectivity index (χ4v) is 2.81. The second kappa shape index (κ2) is 6.90. The summed E-state index contributed by atoms with van der Waals surface area (Å²) in [6.07, 6.45) is 0. The lowest BCUT2D eigenvalue weighted by Gasteiger charge is -2.05. The minimum Gasteiger partial charge on any atom is -0.380 e. The number of carbonyl (C=O) groups is 1. The minimum absolute atomic E-state index is 0.243. The van der Waals surface area contributed by atoms with Crippen molar-refractivity contribution in [3.63, 3.8) is 0 Å². The van der Waals surface area contributed by atoms with Gasteiger partial charge in [-0.05, 0) is 37.6 Å². The molecule has 0 aliphatic carbocycles. The fraction of sp³-hybridized carbons (Fsp3) is 0.278. The summed E-state index contributed by atoms with van der Waals surface area (Å²) in [5, 5.41) is 14.3. The molecule has 0 radical (unpaired) electrons. The highest BCUT2D eigenvalue weighted by Crippen LogP contribution is 2.25. The monoisotopic (exact) mass is 339 g/mol. The molecule has 2 N–H and O–H groups in total. The van der Waals surface area contributed by atoms with Gasteiger partial charge in [0.2, 0.25) is 0 Å². The van der Waals surface area contributed by atoms with E-state index in [2.05, 4.69) is 20.6 Å². The molecule has 1 amide bonds. The summed E-state index contributed by atoms with van der Waals surface area (Å²) in [6.45, 7) is 4.40. The molecule has 0 saturated heterocycles. The quantitative estimate of drug-likeness (QED) is 0.748. The third-order valence-electron chi connectivity index (χ3n) is 4.08. The molecule has 0 fully saturated rings. The van der Waals surface area contributed by atoms with Crippen molar-refractivity contribution in [1.82, 2.24) is 20.0 Å². The number of methoxy groups -OCH3 is 1. The number of aryl methyl sites for hydroxylation is 2. The Morgan fingerprint density at radius 3 is 2.80 bits per heavy atom. The summed E-state index contributed by atoms with van der Waals surface area (Å²) in [5.74, 6) is -0.243. The van der Waals surface area contributed by atoms with Gasteiger partial charge in [0.1, 0.15) is 5.69 Å². The number of nitrogens with zero attached hydrogens (tertiary/aromatic N) is 3. The van der Waals surface area contributed by atoms with E-state index in [0.29, 0.717) is 23.7 Å². The first-order valence-electron chi connectivity index (χ1n) is 7.94. The van der Waals surface area contributed by atoms with E-state index in [1.54, 1.807) is 17.9 Å². The Kier molecular flexibility index (Phi) is 4.67. The number of aromatic amines is 1. The number of aromatic nitrogens is 4. The minimum atomic E-state index is -0.243. The number of rotatable bonds is 5. The second-order valence-corrected chi connectivity index (χ2v) is 5.92. The predicted molar refractivity (Wildman–Crippen MR) is 95.4 cm³/mol. The smallest absolute Gasteiger partial charge is 0.273 e. The van der Waals surface area contributed by atoms with Crippen LogP contribution in [0.2, 0.25) is 0 Å². The van der Waals surface area contributed by atoms with E-state index in [0.717, 1.165) is 22.5 Å². The van der Waals surface area contributed by atoms with Crippen molar-refractivity contribution in [3.8, 4) is 11.3 Å². The maximum absolute atomic E-state index is 12.5. The average Bonchev–Trinajstić information content (AvgIpc) is 3.13. The van der Waals surface area contributed by atoms with Crippen LogP contribution in [0.15, 0.2) is 30.3 Å². The number of carbonyl (C=O) groups excluding carboxylic acids is 1. The van der Waals surface area contributed by atoms with E-state index in [4.69, 9.17) is 4.74 Å². The van der Waals surface area contributed by atoms with E-state index in [1.165, 1.54) is 0 Å². The average molecular weight is 339 g/mol. The molecule has 0 atom stereocenters. The molecule has 3 rings (SSSR count). The first-order chi connectivity index (χ1) is 12.0. The van der Waals surface area contributed by atoms with Crippen LogP contribution in [0.3, 0.4) is 0 Å². The van der Waals surface area contributed by atoms with Crippen LogP contribution in [0.4, 0.5) is 5.69 Å². The Hall–Kier alpha value is -2.93. The van der Waals surface area contributed by atoms with Gasteiger partial charge in [0, 0.05) is 31.1 Å². The van der Waals surface area contributed by atoms with Crippen LogP contribution in [0.25, 0.3) is 11.3 Å². The summed E-state index contributed by atoms with van der Waals surface area (Å²) in [5.41, 5.74) is 5.64. The van der Waals surface area contributed by atoms with Crippen molar-refractivity contribution in [2.24, 2.45) is 7.05 Å². The molecule has 7 nitrogen and oxygen atoms in total. The fourth-order valence-electron chi connectivity index (χ4n) is 2.81. The van der Waals surface area contributed by atoms with E-state index in [9.17, 15) is 4.79 Å². The van der Waals surface area contributed by atoms with Gasteiger partial charge in [0.25, 0.3) is 5.91 Å². The van der Waals surface area contributed by atoms with Crippen molar-refractivity contribution >= 4 is 11.6 Å². The Balaban J connectivity index is 1.80. The van der Waals surface area contributed by atoms with Gasteiger partial charge >= 0.3 is 0 Å². The molecule has 7 heteroatoms. The molecular weight excluding hydrogens is 318 g/mol. The summed E-state index contributed by atoms with van der Waals surface area (Å²) in [6, 6.07) is 9.29. The summed E-state index contributed by atoms with van der Waals surface area (Å²) >= 11 is 0. The van der Waals surface area contributed by atoms with Gasteiger partial charge in [-0.3, -0.25) is 14.6 Å². The number of ether oxygens (including phenoxy) is 1. The zero-order valence-electron chi connectivity index (χ0n) is 14.8. The highest BCUT2D eigenvalue weighted by atomic mass is 16.5. The molecule has 0 unspecified atom stereocenters. The van der Waals surface area contributed by atoms with Crippen molar-refractivity contribution in [2.45, 2.75) is 20.5 Å². The molecule has 0 saturated carbocycles. The Labute approximate surface area is 146 Å². The molecule has 2 aromatic heterocycles. The molecule has 2 heterocycles. The highest BCUT2D eigenvalue weighted by Gasteiger charge is 2.17. The lowest BCUT2D eigenvalue weighted by Crippen LogP contribution is -2.12. The normalized spacial score (nSPS) is 10.9. The molecule has 1 aromatic carbocycles. The summed E-state index contributed by atoms with van der Waals surface area (Å²) in [4.78, 5) is 12.5. The number of anilines is 1. The topological polar surface area (TPSA) is 84.8 Å². The molecule has 3 aromatic rings. The van der Waals surface area contributed by atoms with Crippen LogP contribution in [0.1, 0.15) is 27.4 Å². The number of amides is 1. The van der Waals surface area contributed by atoms with Crippen LogP contribution in [0.5, 0.6) is 0 Å². The van der Waals surface area contributed by atoms with Crippen molar-refractivity contribution in [2.75, 3.05) is 12.4 Å². The van der Waals surface area contributed by atoms with Gasteiger partial charge in [-0.1, -0.05) is 12.1 Å². The number of H-pyrrole nitrogens is 1. The zero-order valence-corrected chi connectivity index (χ0v) is 14.8. The van der Waals surface area contributed by atoms with Gasteiger partial charge in [-0.15, -0.1) is 0 Å². The Bertz CT molecular complexity index is 910. The number of hydrogen-bond donors (Lipinski definition) is 2. The van der Waals surface area contributed by atoms with Crippen LogP contribution >= 0.6 is 0 Å². The Morgan fingerprint density at radius 1 is 1.32 bits per heavy atom. The van der Waals surface area contributed by atoms with Gasteiger partial charge in [-0.2, -0.15) is 10.2 Å². The summed E-state index contributed by atoms with van der Waals surface area (Å²) in [7, 11) is 3.53. The van der Waals surface area contributed by atoms with Crippen LogP contribution < -0.4 is 5.32 Å². The second-order valence-electron chi connectivity index (χ2n) is 5.92. The van der Waals surface area contributed by atoms with Gasteiger partial charge < -0.3 is 10.1 Å². The lowest BCUT2D eigenvalue weighted by molar-refractivity contribution is 0.102. The predicted octanol–water partition coefficient (Wildman–Crippen LogP) is 2.83. The molecule has 0 aliphatic heterocycles. The molecule has 0 bridgehead atoms. The van der Waals surface area contributed by atoms with Crippen molar-refractivity contribution in [3.05, 3.63) is 53.0 Å². The summed E-state index contributed by atoms with van der Waals surface area (Å²) < 4.78 is 6.92. The molecule has 0 aliphatic rings. The lowest BCUT2D eigenvalue weighted by atomic mass is 10.1. The van der Waals surface area contributed by atoms with Gasteiger partial charge in [0.15, 0.2) is 0 Å². The van der Waals surface area contributed by atoms with E-state index in [-0.39, 0.29) is 5.91 Å². The molecular formula is C18H21N5O2. The SMILES string of the molecule is COCc1cccc(NC(=O)c2cc(-c3c(C)nn(C)c3C)n[nH]2)c1. The number of nitrogens with one attached hydrogen (secondary N) is 2. The molecule has 130 valence electrons. The van der Waals surface area contributed by atoms with Crippen molar-refractivity contribution in [1.29, 1.82) is 0 Å².